The van der Waals surface area contributed by atoms with Crippen molar-refractivity contribution in [3.8, 4) is 5.75 Å². The molecule has 0 aliphatic carbocycles. The maximum absolute atomic E-state index is 15.0. The van der Waals surface area contributed by atoms with Crippen LogP contribution >= 0.6 is 0 Å². The number of aromatic nitrogens is 4. The van der Waals surface area contributed by atoms with Gasteiger partial charge in [0.15, 0.2) is 5.96 Å². The van der Waals surface area contributed by atoms with Gasteiger partial charge in [-0.05, 0) is 92.8 Å². The number of hydrogen-bond acceptors (Lipinski definition) is 17. The molecule has 18 N–H and O–H groups in total. The Kier molecular flexibility index (Phi) is 27.3. The average molecular weight is 1240 g/mol. The fraction of sp³-hybridized carbons (Fsp3) is 0.542. The van der Waals surface area contributed by atoms with E-state index in [0.29, 0.717) is 80.9 Å². The monoisotopic (exact) mass is 1240 g/mol. The zero-order valence-electron chi connectivity index (χ0n) is 51.5. The molecule has 89 heavy (non-hydrogen) atoms. The quantitative estimate of drug-likeness (QED) is 0.0132. The minimum atomic E-state index is -1.46. The van der Waals surface area contributed by atoms with Crippen LogP contribution in [0.15, 0.2) is 66.1 Å². The van der Waals surface area contributed by atoms with Gasteiger partial charge in [-0.1, -0.05) is 46.2 Å². The number of amides is 9. The van der Waals surface area contributed by atoms with Gasteiger partial charge in [-0.25, -0.2) is 9.97 Å². The molecule has 8 atom stereocenters. The highest BCUT2D eigenvalue weighted by Crippen LogP contribution is 2.22. The molecular formula is C59H89N19O11. The highest BCUT2D eigenvalue weighted by Gasteiger charge is 2.37. The number of nitrogens with two attached hydrogens (primary N) is 4. The number of hydrogen-bond donors (Lipinski definition) is 14. The Labute approximate surface area is 516 Å². The third-order valence-electron chi connectivity index (χ3n) is 15.5. The van der Waals surface area contributed by atoms with Gasteiger partial charge in [0.25, 0.3) is 5.56 Å². The lowest BCUT2D eigenvalue weighted by molar-refractivity contribution is -0.143. The molecule has 4 aromatic rings. The predicted octanol–water partition coefficient (Wildman–Crippen LogP) is -2.36. The lowest BCUT2D eigenvalue weighted by Gasteiger charge is -2.38. The van der Waals surface area contributed by atoms with Crippen LogP contribution in [0.4, 0.5) is 5.69 Å². The Morgan fingerprint density at radius 1 is 0.775 bits per heavy atom. The summed E-state index contributed by atoms with van der Waals surface area (Å²) in [5, 5.41) is 36.5. The summed E-state index contributed by atoms with van der Waals surface area (Å²) in [6, 6.07) is 2.57. The zero-order valence-corrected chi connectivity index (χ0v) is 51.5. The van der Waals surface area contributed by atoms with Gasteiger partial charge in [0, 0.05) is 71.5 Å². The third kappa shape index (κ3) is 21.3. The van der Waals surface area contributed by atoms with Crippen molar-refractivity contribution in [2.24, 2.45) is 34.8 Å². The van der Waals surface area contributed by atoms with Gasteiger partial charge < -0.3 is 84.9 Å². The smallest absolute Gasteiger partial charge is 0.261 e. The number of aromatic hydroxyl groups is 1. The zero-order chi connectivity index (χ0) is 65.5. The first kappa shape index (κ1) is 70.6. The van der Waals surface area contributed by atoms with Gasteiger partial charge in [0.1, 0.15) is 48.5 Å². The van der Waals surface area contributed by atoms with Crippen LogP contribution in [0.25, 0.3) is 10.9 Å². The number of phenols is 1. The Morgan fingerprint density at radius 2 is 1.43 bits per heavy atom. The summed E-state index contributed by atoms with van der Waals surface area (Å²) in [5.41, 5.74) is 24.1. The van der Waals surface area contributed by atoms with Gasteiger partial charge in [-0.2, -0.15) is 0 Å². The molecule has 2 aromatic heterocycles. The summed E-state index contributed by atoms with van der Waals surface area (Å²) >= 11 is 0. The van der Waals surface area contributed by atoms with Crippen LogP contribution in [0.1, 0.15) is 90.3 Å². The van der Waals surface area contributed by atoms with Crippen LogP contribution in [0.3, 0.4) is 0 Å². The second-order valence-electron chi connectivity index (χ2n) is 22.7. The number of unbranched alkanes of at least 4 members (excludes halogenated alkanes) is 1. The molecule has 1 fully saturated rings. The number of phenolic OH excluding ortho intramolecular Hbond substituents is 1. The number of carbonyl (C=O) groups is 9. The molecule has 9 amide bonds. The fourth-order valence-electron chi connectivity index (χ4n) is 10.2. The Morgan fingerprint density at radius 3 is 2.04 bits per heavy atom. The summed E-state index contributed by atoms with van der Waals surface area (Å²) in [6.07, 6.45) is 5.73. The Bertz CT molecular complexity index is 3130. The number of primary amides is 1. The number of piperazine rings is 1. The van der Waals surface area contributed by atoms with E-state index in [1.165, 1.54) is 57.2 Å². The molecule has 3 heterocycles. The normalized spacial score (nSPS) is 15.0. The van der Waals surface area contributed by atoms with E-state index in [0.717, 1.165) is 9.47 Å². The van der Waals surface area contributed by atoms with E-state index < -0.39 is 102 Å². The van der Waals surface area contributed by atoms with Crippen molar-refractivity contribution in [1.82, 2.24) is 66.5 Å². The number of carbonyl (C=O) groups excluding carboxylic acids is 9. The minimum Gasteiger partial charge on any atom is -0.508 e. The molecule has 0 unspecified atom stereocenters. The number of imidazole rings is 1. The highest BCUT2D eigenvalue weighted by molar-refractivity contribution is 5.97. The van der Waals surface area contributed by atoms with E-state index in [-0.39, 0.29) is 79.4 Å². The standard InChI is InChI=1S/C59H89N19O11/c1-7-35(4)50(62)55(86)71-43(11-8-9-19-60)58(89)77-23-21-76(22-24-77)38-15-18-41-40(28-38)56(87)78(33-69-41)31-49(81)70-42(12-10-20-67-59(63)64)52(83)74-46(27-37-30-66-32-68-37)57(88)75(6)47(26-36-13-16-39(79)17-14-36)54(85)73-44(25-34(2)3)53(84)72-45(29-48(61)80)51(82)65-5/h13-18,28,30,32-35,42-47,50,79H,7-12,19-27,29,31,60,62H2,1-6H3,(H2,61,80)(H,65,82)(H,66,68)(H,70,81)(H,71,86)(H,72,84)(H,73,85)(H,74,83)(H4,63,64,67)/t35-,42-,43-,44-,45-,46-,47-,50-/m0/s1. The molecule has 0 bridgehead atoms. The van der Waals surface area contributed by atoms with Crippen molar-refractivity contribution in [2.45, 2.75) is 141 Å². The van der Waals surface area contributed by atoms with Crippen LogP contribution in [0, 0.1) is 17.2 Å². The van der Waals surface area contributed by atoms with Crippen LogP contribution in [0.2, 0.25) is 0 Å². The van der Waals surface area contributed by atoms with Crippen molar-refractivity contribution >= 4 is 75.7 Å². The predicted molar refractivity (Wildman–Crippen MR) is 332 cm³/mol. The number of likely N-dealkylation sites (N-methyl/N-ethyl adjacent to an activating group) is 2. The number of H-pyrrole nitrogens is 1. The maximum atomic E-state index is 15.0. The van der Waals surface area contributed by atoms with Crippen molar-refractivity contribution in [1.29, 1.82) is 5.41 Å². The molecule has 486 valence electrons. The van der Waals surface area contributed by atoms with Crippen LogP contribution in [-0.4, -0.2) is 189 Å². The summed E-state index contributed by atoms with van der Waals surface area (Å²) in [5.74, 6) is -6.92. The second kappa shape index (κ2) is 34.4. The third-order valence-corrected chi connectivity index (χ3v) is 15.5. The van der Waals surface area contributed by atoms with E-state index in [1.54, 1.807) is 36.9 Å². The molecule has 0 saturated carbocycles. The van der Waals surface area contributed by atoms with E-state index in [4.69, 9.17) is 28.3 Å². The second-order valence-corrected chi connectivity index (χ2v) is 22.7. The average Bonchev–Trinajstić information content (AvgIpc) is 1.40. The molecular weight excluding hydrogens is 1150 g/mol. The fourth-order valence-corrected chi connectivity index (χ4v) is 10.2. The molecule has 0 spiro atoms. The number of nitrogens with zero attached hydrogens (tertiary/aromatic N) is 6. The molecule has 1 saturated heterocycles. The molecule has 2 aromatic carbocycles. The van der Waals surface area contributed by atoms with Gasteiger partial charge in [0.05, 0.1) is 41.7 Å². The number of benzene rings is 2. The minimum absolute atomic E-state index is 0.0552. The van der Waals surface area contributed by atoms with Gasteiger partial charge in [-0.3, -0.25) is 57.9 Å². The molecule has 30 nitrogen and oxygen atoms in total. The number of anilines is 1. The SMILES string of the molecule is CC[C@H](C)[C@H](N)C(=O)N[C@@H](CCCCN)C(=O)N1CCN(c2ccc3ncn(CC(=O)N[C@@H](CCCNC(=N)N)C(=O)N[C@@H](Cc4c[nH]cn4)C(=O)N(C)[C@@H](Cc4ccc(O)cc4)C(=O)N[C@@H](CC(C)C)C(=O)N[C@@H](CC(N)=O)C(=O)NC)c(=O)c3c2)CC1. The first-order valence-electron chi connectivity index (χ1n) is 29.9. The first-order chi connectivity index (χ1) is 42.3. The number of nitrogens with one attached hydrogen (secondary N) is 9. The van der Waals surface area contributed by atoms with Gasteiger partial charge >= 0.3 is 0 Å². The van der Waals surface area contributed by atoms with Crippen molar-refractivity contribution in [3.63, 3.8) is 0 Å². The summed E-state index contributed by atoms with van der Waals surface area (Å²) in [7, 11) is 2.64. The lowest BCUT2D eigenvalue weighted by atomic mass is 9.98. The molecule has 1 aliphatic heterocycles. The largest absolute Gasteiger partial charge is 0.508 e. The first-order valence-corrected chi connectivity index (χ1v) is 29.9. The maximum Gasteiger partial charge on any atom is 0.261 e. The van der Waals surface area contributed by atoms with Gasteiger partial charge in [0.2, 0.25) is 53.2 Å². The van der Waals surface area contributed by atoms with E-state index >= 15 is 0 Å². The Balaban J connectivity index is 1.37. The van der Waals surface area contributed by atoms with Crippen molar-refractivity contribution in [3.05, 3.63) is 82.9 Å². The van der Waals surface area contributed by atoms with Crippen LogP contribution in [-0.2, 0) is 62.5 Å². The molecule has 1 aliphatic rings. The van der Waals surface area contributed by atoms with Gasteiger partial charge in [-0.15, -0.1) is 0 Å². The van der Waals surface area contributed by atoms with E-state index in [2.05, 4.69) is 52.2 Å². The number of rotatable bonds is 34. The summed E-state index contributed by atoms with van der Waals surface area (Å²) in [6.45, 7) is 8.84. The lowest BCUT2D eigenvalue weighted by Crippen LogP contribution is -2.60. The number of fused-ring (bicyclic) bond motifs is 1. The Hall–Kier alpha value is -9.19. The topological polar surface area (TPSA) is 459 Å². The molecule has 5 rings (SSSR count). The highest BCUT2D eigenvalue weighted by atomic mass is 16.3. The summed E-state index contributed by atoms with van der Waals surface area (Å²) in [4.78, 5) is 154. The molecule has 0 radical (unpaired) electrons. The van der Waals surface area contributed by atoms with Crippen molar-refractivity contribution < 1.29 is 48.3 Å². The molecule has 30 heteroatoms. The number of aromatic amines is 1. The van der Waals surface area contributed by atoms with Crippen LogP contribution in [0.5, 0.6) is 5.75 Å². The van der Waals surface area contributed by atoms with Crippen LogP contribution < -0.4 is 70.6 Å². The van der Waals surface area contributed by atoms with Crippen molar-refractivity contribution in [2.75, 3.05) is 58.3 Å². The summed E-state index contributed by atoms with van der Waals surface area (Å²) < 4.78 is 1.09. The van der Waals surface area contributed by atoms with E-state index in [1.807, 2.05) is 18.7 Å². The van der Waals surface area contributed by atoms with E-state index in [9.17, 15) is 53.1 Å². The number of guanidine groups is 1.